The summed E-state index contributed by atoms with van der Waals surface area (Å²) in [5.41, 5.74) is 0.264. The van der Waals surface area contributed by atoms with Gasteiger partial charge in [0.1, 0.15) is 0 Å². The van der Waals surface area contributed by atoms with E-state index in [9.17, 15) is 13.2 Å². The van der Waals surface area contributed by atoms with Crippen LogP contribution in [0.3, 0.4) is 0 Å². The van der Waals surface area contributed by atoms with Crippen molar-refractivity contribution >= 4 is 15.9 Å². The number of aromatic nitrogens is 2. The number of carbonyl (C=O) groups excluding carboxylic acids is 1. The van der Waals surface area contributed by atoms with Crippen molar-refractivity contribution in [2.75, 3.05) is 13.1 Å². The molecule has 0 aliphatic heterocycles. The second kappa shape index (κ2) is 7.55. The number of nitrogens with zero attached hydrogens (tertiary/aromatic N) is 3. The highest BCUT2D eigenvalue weighted by atomic mass is 32.2. The van der Waals surface area contributed by atoms with Gasteiger partial charge < -0.3 is 9.84 Å². The average Bonchev–Trinajstić information content (AvgIpc) is 3.39. The maximum atomic E-state index is 12.6. The number of hydrogen-bond acceptors (Lipinski definition) is 6. The number of hydrogen-bond donors (Lipinski definition) is 1. The van der Waals surface area contributed by atoms with Crippen molar-refractivity contribution in [3.05, 3.63) is 41.5 Å². The van der Waals surface area contributed by atoms with Crippen LogP contribution in [0.2, 0.25) is 0 Å². The van der Waals surface area contributed by atoms with Crippen LogP contribution in [-0.4, -0.2) is 41.9 Å². The molecule has 0 bridgehead atoms. The van der Waals surface area contributed by atoms with Gasteiger partial charge in [0.25, 0.3) is 5.91 Å². The Bertz CT molecular complexity index is 886. The van der Waals surface area contributed by atoms with E-state index in [1.165, 1.54) is 16.4 Å². The summed E-state index contributed by atoms with van der Waals surface area (Å²) in [4.78, 5) is 16.7. The fraction of sp³-hybridized carbons (Fsp3) is 0.471. The Labute approximate surface area is 152 Å². The van der Waals surface area contributed by atoms with E-state index in [4.69, 9.17) is 4.52 Å². The zero-order chi connectivity index (χ0) is 18.7. The van der Waals surface area contributed by atoms with Gasteiger partial charge in [0.2, 0.25) is 15.9 Å². The second-order valence-corrected chi connectivity index (χ2v) is 8.06. The molecule has 2 aromatic rings. The van der Waals surface area contributed by atoms with Gasteiger partial charge in [0, 0.05) is 24.6 Å². The molecule has 1 saturated carbocycles. The van der Waals surface area contributed by atoms with Gasteiger partial charge in [0.15, 0.2) is 5.82 Å². The molecule has 9 heteroatoms. The molecule has 3 rings (SSSR count). The minimum atomic E-state index is -3.61. The van der Waals surface area contributed by atoms with Crippen LogP contribution < -0.4 is 5.32 Å². The Morgan fingerprint density at radius 1 is 1.31 bits per heavy atom. The van der Waals surface area contributed by atoms with Crippen molar-refractivity contribution in [1.29, 1.82) is 0 Å². The van der Waals surface area contributed by atoms with E-state index >= 15 is 0 Å². The Morgan fingerprint density at radius 2 is 2.04 bits per heavy atom. The molecule has 0 radical (unpaired) electrons. The summed E-state index contributed by atoms with van der Waals surface area (Å²) < 4.78 is 31.6. The van der Waals surface area contributed by atoms with Crippen LogP contribution in [0.1, 0.15) is 54.7 Å². The molecule has 0 unspecified atom stereocenters. The average molecular weight is 378 g/mol. The van der Waals surface area contributed by atoms with Crippen molar-refractivity contribution < 1.29 is 17.7 Å². The van der Waals surface area contributed by atoms with Crippen LogP contribution in [0.15, 0.2) is 33.7 Å². The summed E-state index contributed by atoms with van der Waals surface area (Å²) in [5, 5.41) is 6.57. The third-order valence-electron chi connectivity index (χ3n) is 4.27. The smallest absolute Gasteiger partial charge is 0.251 e. The molecule has 1 aliphatic carbocycles. The zero-order valence-corrected chi connectivity index (χ0v) is 15.6. The van der Waals surface area contributed by atoms with Crippen LogP contribution in [0.25, 0.3) is 0 Å². The quantitative estimate of drug-likeness (QED) is 0.752. The summed E-state index contributed by atoms with van der Waals surface area (Å²) in [6.07, 6.45) is 2.14. The molecule has 1 aromatic heterocycles. The van der Waals surface area contributed by atoms with Crippen LogP contribution >= 0.6 is 0 Å². The fourth-order valence-electron chi connectivity index (χ4n) is 2.62. The van der Waals surface area contributed by atoms with Crippen LogP contribution in [0, 0.1) is 0 Å². The fourth-order valence-corrected chi connectivity index (χ4v) is 4.12. The van der Waals surface area contributed by atoms with Gasteiger partial charge in [-0.15, -0.1) is 0 Å². The van der Waals surface area contributed by atoms with E-state index in [1.807, 2.05) is 0 Å². The predicted molar refractivity (Wildman–Crippen MR) is 94.0 cm³/mol. The monoisotopic (exact) mass is 378 g/mol. The predicted octanol–water partition coefficient (Wildman–Crippen LogP) is 1.91. The first-order chi connectivity index (χ1) is 12.5. The number of sulfonamides is 1. The second-order valence-electron chi connectivity index (χ2n) is 6.12. The summed E-state index contributed by atoms with van der Waals surface area (Å²) in [5.74, 6) is 1.01. The molecule has 0 spiro atoms. The van der Waals surface area contributed by atoms with Gasteiger partial charge >= 0.3 is 0 Å². The molecule has 0 saturated heterocycles. The van der Waals surface area contributed by atoms with Crippen LogP contribution in [0.4, 0.5) is 0 Å². The number of nitrogens with one attached hydrogen (secondary N) is 1. The molecule has 8 nitrogen and oxygen atoms in total. The van der Waals surface area contributed by atoms with E-state index in [2.05, 4.69) is 15.5 Å². The van der Waals surface area contributed by atoms with Crippen molar-refractivity contribution in [3.8, 4) is 0 Å². The largest absolute Gasteiger partial charge is 0.343 e. The maximum Gasteiger partial charge on any atom is 0.251 e. The van der Waals surface area contributed by atoms with E-state index < -0.39 is 15.9 Å². The highest BCUT2D eigenvalue weighted by Crippen LogP contribution is 2.38. The molecular formula is C17H22N4O4S. The van der Waals surface area contributed by atoms with Gasteiger partial charge in [-0.25, -0.2) is 8.42 Å². The number of carbonyl (C=O) groups is 1. The Kier molecular flexibility index (Phi) is 5.38. The lowest BCUT2D eigenvalue weighted by molar-refractivity contribution is 0.0946. The topological polar surface area (TPSA) is 105 Å². The highest BCUT2D eigenvalue weighted by molar-refractivity contribution is 7.89. The molecular weight excluding hydrogens is 356 g/mol. The number of rotatable bonds is 8. The molecule has 1 aliphatic rings. The van der Waals surface area contributed by atoms with E-state index in [0.717, 1.165) is 12.8 Å². The van der Waals surface area contributed by atoms with Crippen molar-refractivity contribution in [2.24, 2.45) is 0 Å². The van der Waals surface area contributed by atoms with E-state index in [-0.39, 0.29) is 17.0 Å². The van der Waals surface area contributed by atoms with Crippen molar-refractivity contribution in [3.63, 3.8) is 0 Å². The molecule has 1 amide bonds. The minimum absolute atomic E-state index is 0.0997. The van der Waals surface area contributed by atoms with Gasteiger partial charge in [-0.3, -0.25) is 4.79 Å². The molecule has 1 fully saturated rings. The lowest BCUT2D eigenvalue weighted by Gasteiger charge is -2.18. The molecule has 26 heavy (non-hydrogen) atoms. The van der Waals surface area contributed by atoms with Crippen LogP contribution in [-0.2, 0) is 16.6 Å². The SMILES string of the molecule is CCN(CC)S(=O)(=O)c1cccc(C(=O)NCc2nc(C3CC3)no2)c1. The molecule has 0 atom stereocenters. The van der Waals surface area contributed by atoms with E-state index in [0.29, 0.717) is 30.7 Å². The standard InChI is InChI=1S/C17H22N4O4S/c1-3-21(4-2)26(23,24)14-7-5-6-13(10-14)17(22)18-11-15-19-16(20-25-15)12-8-9-12/h5-7,10,12H,3-4,8-9,11H2,1-2H3,(H,18,22). The lowest BCUT2D eigenvalue weighted by Crippen LogP contribution is -2.31. The highest BCUT2D eigenvalue weighted by Gasteiger charge is 2.28. The van der Waals surface area contributed by atoms with Gasteiger partial charge in [0.05, 0.1) is 11.4 Å². The Balaban J connectivity index is 1.69. The van der Waals surface area contributed by atoms with Gasteiger partial charge in [-0.2, -0.15) is 9.29 Å². The number of amides is 1. The summed E-state index contributed by atoms with van der Waals surface area (Å²) in [7, 11) is -3.61. The minimum Gasteiger partial charge on any atom is -0.343 e. The summed E-state index contributed by atoms with van der Waals surface area (Å²) in [6.45, 7) is 4.40. The molecule has 140 valence electrons. The number of benzene rings is 1. The summed E-state index contributed by atoms with van der Waals surface area (Å²) in [6, 6.07) is 6.00. The summed E-state index contributed by atoms with van der Waals surface area (Å²) >= 11 is 0. The van der Waals surface area contributed by atoms with Crippen molar-refractivity contribution in [1.82, 2.24) is 19.8 Å². The Hall–Kier alpha value is -2.26. The first kappa shape index (κ1) is 18.5. The normalized spacial score (nSPS) is 14.6. The van der Waals surface area contributed by atoms with Gasteiger partial charge in [-0.05, 0) is 31.0 Å². The third kappa shape index (κ3) is 3.94. The van der Waals surface area contributed by atoms with E-state index in [1.54, 1.807) is 26.0 Å². The molecule has 1 heterocycles. The molecule has 1 aromatic carbocycles. The van der Waals surface area contributed by atoms with Crippen LogP contribution in [0.5, 0.6) is 0 Å². The zero-order valence-electron chi connectivity index (χ0n) is 14.8. The third-order valence-corrected chi connectivity index (χ3v) is 6.31. The van der Waals surface area contributed by atoms with Gasteiger partial charge in [-0.1, -0.05) is 25.1 Å². The first-order valence-corrected chi connectivity index (χ1v) is 10.1. The Morgan fingerprint density at radius 3 is 2.69 bits per heavy atom. The molecule has 1 N–H and O–H groups in total. The lowest BCUT2D eigenvalue weighted by atomic mass is 10.2. The first-order valence-electron chi connectivity index (χ1n) is 8.66. The van der Waals surface area contributed by atoms with Crippen molar-refractivity contribution in [2.45, 2.75) is 44.0 Å². The maximum absolute atomic E-state index is 12.6.